The van der Waals surface area contributed by atoms with Crippen LogP contribution in [-0.4, -0.2) is 59.8 Å². The first-order valence-corrected chi connectivity index (χ1v) is 14.1. The maximum absolute atomic E-state index is 11.9. The van der Waals surface area contributed by atoms with Gasteiger partial charge in [-0.1, -0.05) is 20.8 Å². The minimum atomic E-state index is -3.96. The van der Waals surface area contributed by atoms with Crippen molar-refractivity contribution < 1.29 is 36.5 Å². The number of hydrogen-bond donors (Lipinski definition) is 3. The third-order valence-electron chi connectivity index (χ3n) is 6.22. The van der Waals surface area contributed by atoms with E-state index in [1.807, 2.05) is 18.6 Å². The van der Waals surface area contributed by atoms with Crippen LogP contribution in [0.4, 0.5) is 0 Å². The van der Waals surface area contributed by atoms with E-state index in [1.165, 1.54) is 6.92 Å². The minimum Gasteiger partial charge on any atom is -0.479 e. The summed E-state index contributed by atoms with van der Waals surface area (Å²) in [5.41, 5.74) is 0.309. The van der Waals surface area contributed by atoms with Gasteiger partial charge in [0.1, 0.15) is 6.61 Å². The zero-order chi connectivity index (χ0) is 27.0. The summed E-state index contributed by atoms with van der Waals surface area (Å²) in [6, 6.07) is 0. The van der Waals surface area contributed by atoms with Gasteiger partial charge in [0.05, 0.1) is 19.8 Å². The summed E-state index contributed by atoms with van der Waals surface area (Å²) in [4.78, 5) is 22.5. The van der Waals surface area contributed by atoms with Crippen LogP contribution in [0.3, 0.4) is 0 Å². The van der Waals surface area contributed by atoms with Crippen LogP contribution in [0.15, 0.2) is 12.5 Å². The van der Waals surface area contributed by atoms with Crippen molar-refractivity contribution in [3.63, 3.8) is 0 Å². The van der Waals surface area contributed by atoms with Gasteiger partial charge in [0, 0.05) is 49.5 Å². The second-order valence-corrected chi connectivity index (χ2v) is 10.3. The van der Waals surface area contributed by atoms with E-state index in [-0.39, 0.29) is 37.1 Å². The highest BCUT2D eigenvalue weighted by molar-refractivity contribution is 7.88. The van der Waals surface area contributed by atoms with Crippen LogP contribution in [0.1, 0.15) is 70.5 Å². The van der Waals surface area contributed by atoms with Gasteiger partial charge in [0.25, 0.3) is 0 Å². The molecule has 0 aliphatic heterocycles. The van der Waals surface area contributed by atoms with Crippen molar-refractivity contribution in [3.8, 4) is 11.8 Å². The molecule has 0 spiro atoms. The first-order chi connectivity index (χ1) is 17.1. The molecule has 10 nitrogen and oxygen atoms in total. The summed E-state index contributed by atoms with van der Waals surface area (Å²) >= 11 is 0. The number of fused-ring (bicyclic) bond motifs is 1. The molecule has 11 heteroatoms. The van der Waals surface area contributed by atoms with Crippen molar-refractivity contribution >= 4 is 22.1 Å². The van der Waals surface area contributed by atoms with Crippen molar-refractivity contribution in [3.05, 3.63) is 12.5 Å². The van der Waals surface area contributed by atoms with Crippen LogP contribution in [0.5, 0.6) is 0 Å². The fourth-order valence-electron chi connectivity index (χ4n) is 4.26. The molecule has 1 saturated carbocycles. The topological polar surface area (TPSA) is 132 Å². The van der Waals surface area contributed by atoms with Gasteiger partial charge in [-0.15, -0.1) is 11.8 Å². The fraction of sp³-hybridized carbons (Fsp3) is 0.760. The van der Waals surface area contributed by atoms with E-state index in [0.717, 1.165) is 25.7 Å². The van der Waals surface area contributed by atoms with Crippen LogP contribution in [0.25, 0.3) is 0 Å². The summed E-state index contributed by atoms with van der Waals surface area (Å²) in [6.45, 7) is 12.9. The maximum atomic E-state index is 11.9. The van der Waals surface area contributed by atoms with Crippen LogP contribution in [0, 0.1) is 29.1 Å². The predicted octanol–water partition coefficient (Wildman–Crippen LogP) is 2.97. The van der Waals surface area contributed by atoms with Gasteiger partial charge in [-0.05, 0) is 37.2 Å². The van der Waals surface area contributed by atoms with Gasteiger partial charge in [-0.2, -0.15) is 13.1 Å². The van der Waals surface area contributed by atoms with Crippen LogP contribution in [-0.2, 0) is 34.0 Å². The zero-order valence-electron chi connectivity index (χ0n) is 22.1. The Bertz CT molecular complexity index is 897. The molecule has 2 aliphatic carbocycles. The molecule has 0 aromatic heterocycles. The van der Waals surface area contributed by atoms with E-state index in [0.29, 0.717) is 42.7 Å². The molecule has 3 N–H and O–H groups in total. The predicted molar refractivity (Wildman–Crippen MR) is 144 cm³/mol. The second-order valence-electron chi connectivity index (χ2n) is 8.75. The molecule has 0 bridgehead atoms. The molecule has 1 amide bonds. The van der Waals surface area contributed by atoms with Crippen molar-refractivity contribution in [2.45, 2.75) is 66.2 Å². The molecule has 0 aromatic carbocycles. The first kappa shape index (κ1) is 31.7. The lowest BCUT2D eigenvalue weighted by Crippen LogP contribution is -2.41. The lowest BCUT2D eigenvalue weighted by molar-refractivity contribution is -0.142. The molecule has 2 aliphatic rings. The monoisotopic (exact) mass is 535 g/mol. The van der Waals surface area contributed by atoms with Crippen LogP contribution in [0.2, 0.25) is 0 Å². The number of carbonyl (C=O) groups excluding carboxylic acids is 2. The molecule has 2 rings (SSSR count). The lowest BCUT2D eigenvalue weighted by atomic mass is 9.95. The number of amides is 1. The highest BCUT2D eigenvalue weighted by atomic mass is 32.2. The molecule has 0 aromatic rings. The van der Waals surface area contributed by atoms with E-state index in [2.05, 4.69) is 40.1 Å². The van der Waals surface area contributed by atoms with Gasteiger partial charge in [0.15, 0.2) is 5.88 Å². The summed E-state index contributed by atoms with van der Waals surface area (Å²) in [7, 11) is -3.96. The maximum Gasteiger partial charge on any atom is 0.302 e. The van der Waals surface area contributed by atoms with Crippen LogP contribution < -0.4 is 14.8 Å². The third-order valence-corrected chi connectivity index (χ3v) is 7.30. The van der Waals surface area contributed by atoms with E-state index in [9.17, 15) is 18.0 Å². The highest BCUT2D eigenvalue weighted by Gasteiger charge is 2.59. The molecular weight excluding hydrogens is 486 g/mol. The van der Waals surface area contributed by atoms with E-state index >= 15 is 0 Å². The number of rotatable bonds is 16. The average Bonchev–Trinajstić information content (AvgIpc) is 3.35. The number of ether oxygens (including phenoxy) is 3. The van der Waals surface area contributed by atoms with Gasteiger partial charge in [-0.25, -0.2) is 4.72 Å². The Hall–Kier alpha value is -2.29. The molecule has 0 saturated heterocycles. The largest absolute Gasteiger partial charge is 0.479 e. The normalized spacial score (nSPS) is 22.1. The van der Waals surface area contributed by atoms with Crippen LogP contribution >= 0.6 is 0 Å². The Morgan fingerprint density at radius 3 is 2.56 bits per heavy atom. The van der Waals surface area contributed by atoms with Crippen molar-refractivity contribution in [2.24, 2.45) is 17.3 Å². The third kappa shape index (κ3) is 12.1. The second kappa shape index (κ2) is 16.5. The fourth-order valence-corrected chi connectivity index (χ4v) is 5.08. The standard InChI is InChI=1S/C23H37N3O7S.C2H6.3H2/c1-18(33-17-21-20-9-6-4-5-7-11-23(20,21)3)24-12-8-10-22(28)26-34(29,30)25-13-14-31-15-16-32-19(2)27;1-2;;;/h20-21,24-25H,1,6-17H2,2-3H3,(H,26,28);1-2H3;3*1H/t20-,21+,23-;;;;/m0..../s1. The molecule has 1 fully saturated rings. The Labute approximate surface area is 220 Å². The molecule has 0 unspecified atom stereocenters. The van der Waals surface area contributed by atoms with Crippen molar-refractivity contribution in [2.75, 3.05) is 39.5 Å². The molecule has 0 heterocycles. The highest BCUT2D eigenvalue weighted by Crippen LogP contribution is 2.63. The van der Waals surface area contributed by atoms with Crippen molar-refractivity contribution in [1.29, 1.82) is 0 Å². The molecular formula is C25H49N3O7S. The summed E-state index contributed by atoms with van der Waals surface area (Å²) in [5, 5.41) is 3.03. The first-order valence-electron chi connectivity index (χ1n) is 12.7. The smallest absolute Gasteiger partial charge is 0.302 e. The number of carbonyl (C=O) groups is 2. The molecule has 36 heavy (non-hydrogen) atoms. The van der Waals surface area contributed by atoms with E-state index in [4.69, 9.17) is 9.47 Å². The molecule has 3 atom stereocenters. The SMILES string of the molecule is C=C(NCCCC(=O)NS(=O)(=O)NCCOCCOC(C)=O)OC[C@@H]1[C@@H]2CCC#CCC[C@]12C.CC.[HH].[HH].[HH]. The van der Waals surface area contributed by atoms with Gasteiger partial charge >= 0.3 is 16.2 Å². The van der Waals surface area contributed by atoms with Gasteiger partial charge < -0.3 is 19.5 Å². The molecule has 212 valence electrons. The Morgan fingerprint density at radius 2 is 1.83 bits per heavy atom. The lowest BCUT2D eigenvalue weighted by Gasteiger charge is -2.13. The Balaban J connectivity index is -0.00000253. The summed E-state index contributed by atoms with van der Waals surface area (Å²) < 4.78 is 43.5. The zero-order valence-corrected chi connectivity index (χ0v) is 22.9. The molecule has 0 radical (unpaired) electrons. The summed E-state index contributed by atoms with van der Waals surface area (Å²) in [5.74, 6) is 7.04. The number of hydrogen-bond acceptors (Lipinski definition) is 8. The quantitative estimate of drug-likeness (QED) is 0.119. The van der Waals surface area contributed by atoms with Crippen molar-refractivity contribution in [1.82, 2.24) is 14.8 Å². The summed E-state index contributed by atoms with van der Waals surface area (Å²) in [6.07, 6.45) is 4.57. The van der Waals surface area contributed by atoms with E-state index in [1.54, 1.807) is 0 Å². The number of esters is 1. The number of nitrogens with one attached hydrogen (secondary N) is 3. The Kier molecular flexibility index (Phi) is 14.5. The average molecular weight is 536 g/mol. The Morgan fingerprint density at radius 1 is 1.11 bits per heavy atom. The van der Waals surface area contributed by atoms with Gasteiger partial charge in [0.2, 0.25) is 5.91 Å². The van der Waals surface area contributed by atoms with Gasteiger partial charge in [-0.3, -0.25) is 9.59 Å². The van der Waals surface area contributed by atoms with E-state index < -0.39 is 22.1 Å². The minimum absolute atomic E-state index is 0.